The molecule has 1 unspecified atom stereocenters. The topological polar surface area (TPSA) is 100 Å². The number of nitrogens with two attached hydrogens (primary N) is 1. The number of nitrogens with zero attached hydrogens (tertiary/aromatic N) is 2. The minimum absolute atomic E-state index is 0.257. The number of aromatic amines is 2. The summed E-state index contributed by atoms with van der Waals surface area (Å²) >= 11 is 0. The van der Waals surface area contributed by atoms with Gasteiger partial charge >= 0.3 is 0 Å². The van der Waals surface area contributed by atoms with E-state index < -0.39 is 0 Å². The van der Waals surface area contributed by atoms with Gasteiger partial charge in [0, 0.05) is 0 Å². The summed E-state index contributed by atoms with van der Waals surface area (Å²) in [5.74, 6) is 5.46. The monoisotopic (exact) mass is 203 g/mol. The molecule has 6 nitrogen and oxygen atoms in total. The molecule has 6 heteroatoms. The second-order valence-electron chi connectivity index (χ2n) is 3.09. The Morgan fingerprint density at radius 2 is 2.40 bits per heavy atom. The van der Waals surface area contributed by atoms with E-state index in [4.69, 9.17) is 5.73 Å². The summed E-state index contributed by atoms with van der Waals surface area (Å²) in [5, 5.41) is 6.89. The van der Waals surface area contributed by atoms with Crippen molar-refractivity contribution >= 4 is 11.0 Å². The molecule has 0 saturated heterocycles. The minimum Gasteiger partial charge on any atom is -0.318 e. The average Bonchev–Trinajstić information content (AvgIpc) is 2.59. The summed E-state index contributed by atoms with van der Waals surface area (Å²) in [6.45, 7) is 1.75. The van der Waals surface area contributed by atoms with Crippen molar-refractivity contribution in [2.24, 2.45) is 5.73 Å². The van der Waals surface area contributed by atoms with Gasteiger partial charge in [0.1, 0.15) is 11.1 Å². The molecule has 2 aromatic heterocycles. The molecular formula is C9H9N5O. The first kappa shape index (κ1) is 9.43. The molecule has 2 rings (SSSR count). The van der Waals surface area contributed by atoms with Crippen LogP contribution >= 0.6 is 0 Å². The molecular weight excluding hydrogens is 194 g/mol. The Labute approximate surface area is 84.9 Å². The van der Waals surface area contributed by atoms with E-state index >= 15 is 0 Å². The molecule has 0 saturated carbocycles. The third-order valence-corrected chi connectivity index (χ3v) is 1.78. The predicted octanol–water partition coefficient (Wildman–Crippen LogP) is -0.655. The lowest BCUT2D eigenvalue weighted by Crippen LogP contribution is -2.11. The third-order valence-electron chi connectivity index (χ3n) is 1.78. The molecule has 76 valence electrons. The zero-order valence-corrected chi connectivity index (χ0v) is 8.03. The number of hydrogen-bond acceptors (Lipinski definition) is 4. The second kappa shape index (κ2) is 3.55. The first-order valence-electron chi connectivity index (χ1n) is 4.37. The van der Waals surface area contributed by atoms with E-state index in [1.54, 1.807) is 6.92 Å². The lowest BCUT2D eigenvalue weighted by atomic mass is 10.3. The standard InChI is InChI=1S/C9H9N5O/c1-5(10)2-3-6-7-8(14-13-6)11-4-12-9(7)15/h4-5H,10H2,1H3,(H2,11,12,13,14,15). The molecule has 0 aliphatic heterocycles. The summed E-state index contributed by atoms with van der Waals surface area (Å²) in [4.78, 5) is 17.8. The van der Waals surface area contributed by atoms with E-state index in [-0.39, 0.29) is 11.6 Å². The van der Waals surface area contributed by atoms with Gasteiger partial charge in [-0.2, -0.15) is 5.10 Å². The van der Waals surface area contributed by atoms with Crippen LogP contribution in [0.3, 0.4) is 0 Å². The minimum atomic E-state index is -0.261. The van der Waals surface area contributed by atoms with Gasteiger partial charge in [-0.25, -0.2) is 4.98 Å². The van der Waals surface area contributed by atoms with Gasteiger partial charge in [0.2, 0.25) is 0 Å². The fraction of sp³-hybridized carbons (Fsp3) is 0.222. The van der Waals surface area contributed by atoms with Crippen LogP contribution in [0.25, 0.3) is 11.0 Å². The number of nitrogens with one attached hydrogen (secondary N) is 2. The van der Waals surface area contributed by atoms with Crippen LogP contribution in [0.5, 0.6) is 0 Å². The zero-order chi connectivity index (χ0) is 10.8. The van der Waals surface area contributed by atoms with Crippen molar-refractivity contribution in [2.75, 3.05) is 0 Å². The molecule has 0 aliphatic carbocycles. The number of aromatic nitrogens is 4. The van der Waals surface area contributed by atoms with E-state index in [9.17, 15) is 4.79 Å². The highest BCUT2D eigenvalue weighted by Gasteiger charge is 2.07. The van der Waals surface area contributed by atoms with Crippen LogP contribution in [-0.4, -0.2) is 26.2 Å². The molecule has 0 amide bonds. The Balaban J connectivity index is 2.65. The molecule has 0 bridgehead atoms. The number of fused-ring (bicyclic) bond motifs is 1. The highest BCUT2D eigenvalue weighted by molar-refractivity contribution is 5.79. The summed E-state index contributed by atoms with van der Waals surface area (Å²) < 4.78 is 0. The number of rotatable bonds is 0. The van der Waals surface area contributed by atoms with E-state index in [1.165, 1.54) is 6.33 Å². The van der Waals surface area contributed by atoms with E-state index in [0.29, 0.717) is 16.7 Å². The van der Waals surface area contributed by atoms with Gasteiger partial charge < -0.3 is 10.7 Å². The fourth-order valence-corrected chi connectivity index (χ4v) is 1.14. The average molecular weight is 203 g/mol. The van der Waals surface area contributed by atoms with Crippen LogP contribution in [0, 0.1) is 11.8 Å². The molecule has 0 aromatic carbocycles. The normalized spacial score (nSPS) is 12.1. The Hall–Kier alpha value is -2.13. The molecule has 0 aliphatic rings. The van der Waals surface area contributed by atoms with Crippen molar-refractivity contribution < 1.29 is 0 Å². The van der Waals surface area contributed by atoms with Crippen molar-refractivity contribution in [1.82, 2.24) is 20.2 Å². The number of hydrogen-bond donors (Lipinski definition) is 3. The van der Waals surface area contributed by atoms with Crippen LogP contribution in [0.4, 0.5) is 0 Å². The largest absolute Gasteiger partial charge is 0.318 e. The Morgan fingerprint density at radius 3 is 3.13 bits per heavy atom. The van der Waals surface area contributed by atoms with Crippen molar-refractivity contribution in [3.63, 3.8) is 0 Å². The van der Waals surface area contributed by atoms with Gasteiger partial charge in [-0.05, 0) is 12.8 Å². The van der Waals surface area contributed by atoms with Gasteiger partial charge in [-0.3, -0.25) is 9.89 Å². The maximum absolute atomic E-state index is 11.5. The maximum atomic E-state index is 11.5. The van der Waals surface area contributed by atoms with Crippen LogP contribution in [-0.2, 0) is 0 Å². The Bertz CT molecular complexity index is 598. The highest BCUT2D eigenvalue weighted by Crippen LogP contribution is 2.05. The van der Waals surface area contributed by atoms with Gasteiger partial charge in [-0.1, -0.05) is 5.92 Å². The lowest BCUT2D eigenvalue weighted by molar-refractivity contribution is 0.958. The fourth-order valence-electron chi connectivity index (χ4n) is 1.14. The van der Waals surface area contributed by atoms with Gasteiger partial charge in [0.25, 0.3) is 5.56 Å². The number of H-pyrrole nitrogens is 2. The Morgan fingerprint density at radius 1 is 1.60 bits per heavy atom. The molecule has 1 atom stereocenters. The first-order chi connectivity index (χ1) is 7.18. The Kier molecular flexibility index (Phi) is 2.23. The summed E-state index contributed by atoms with van der Waals surface area (Å²) in [5.41, 5.74) is 6.01. The van der Waals surface area contributed by atoms with Crippen molar-refractivity contribution in [3.05, 3.63) is 22.4 Å². The van der Waals surface area contributed by atoms with E-state index in [0.717, 1.165) is 0 Å². The lowest BCUT2D eigenvalue weighted by Gasteiger charge is -1.88. The summed E-state index contributed by atoms with van der Waals surface area (Å²) in [6.07, 6.45) is 1.31. The molecule has 0 radical (unpaired) electrons. The van der Waals surface area contributed by atoms with Crippen LogP contribution in [0.1, 0.15) is 12.6 Å². The molecule has 4 N–H and O–H groups in total. The SMILES string of the molecule is CC(N)C#Cc1n[nH]c2nc[nH]c(=O)c12. The van der Waals surface area contributed by atoms with E-state index in [1.807, 2.05) is 0 Å². The van der Waals surface area contributed by atoms with Gasteiger partial charge in [0.05, 0.1) is 12.4 Å². The maximum Gasteiger partial charge on any atom is 0.263 e. The van der Waals surface area contributed by atoms with Crippen LogP contribution in [0.15, 0.2) is 11.1 Å². The second-order valence-corrected chi connectivity index (χ2v) is 3.09. The highest BCUT2D eigenvalue weighted by atomic mass is 16.1. The predicted molar refractivity (Wildman–Crippen MR) is 55.0 cm³/mol. The van der Waals surface area contributed by atoms with Crippen molar-refractivity contribution in [3.8, 4) is 11.8 Å². The van der Waals surface area contributed by atoms with Gasteiger partial charge in [-0.15, -0.1) is 0 Å². The molecule has 0 fully saturated rings. The van der Waals surface area contributed by atoms with Crippen LogP contribution < -0.4 is 11.3 Å². The molecule has 2 heterocycles. The molecule has 0 spiro atoms. The summed E-state index contributed by atoms with van der Waals surface area (Å²) in [6, 6.07) is -0.257. The smallest absolute Gasteiger partial charge is 0.263 e. The first-order valence-corrected chi connectivity index (χ1v) is 4.37. The van der Waals surface area contributed by atoms with Crippen LogP contribution in [0.2, 0.25) is 0 Å². The van der Waals surface area contributed by atoms with E-state index in [2.05, 4.69) is 32.0 Å². The van der Waals surface area contributed by atoms with Crippen molar-refractivity contribution in [2.45, 2.75) is 13.0 Å². The van der Waals surface area contributed by atoms with Gasteiger partial charge in [0.15, 0.2) is 5.65 Å². The molecule has 2 aromatic rings. The van der Waals surface area contributed by atoms with Crippen molar-refractivity contribution in [1.29, 1.82) is 0 Å². The molecule has 15 heavy (non-hydrogen) atoms. The summed E-state index contributed by atoms with van der Waals surface area (Å²) in [7, 11) is 0. The zero-order valence-electron chi connectivity index (χ0n) is 8.03. The quantitative estimate of drug-likeness (QED) is 0.495. The third kappa shape index (κ3) is 1.73.